The molecule has 4 heteroatoms. The van der Waals surface area contributed by atoms with Crippen molar-refractivity contribution in [1.29, 1.82) is 0 Å². The minimum absolute atomic E-state index is 0.173. The number of aliphatic hydroxyl groups is 1. The van der Waals surface area contributed by atoms with Crippen molar-refractivity contribution < 1.29 is 14.6 Å². The molecule has 0 spiro atoms. The summed E-state index contributed by atoms with van der Waals surface area (Å²) in [6.45, 7) is 4.80. The SMILES string of the molecule is C[C@H]1C[C@@H](CCCO)N(C(=O)OCc2ccccc2)[C@H](C)C1. The first-order valence-corrected chi connectivity index (χ1v) is 8.21. The van der Waals surface area contributed by atoms with Crippen molar-refractivity contribution in [3.05, 3.63) is 35.9 Å². The first kappa shape index (κ1) is 16.8. The molecule has 122 valence electrons. The number of amides is 1. The first-order valence-electron chi connectivity index (χ1n) is 8.21. The number of piperidine rings is 1. The lowest BCUT2D eigenvalue weighted by Crippen LogP contribution is -2.51. The number of hydrogen-bond donors (Lipinski definition) is 1. The number of ether oxygens (including phenoxy) is 1. The van der Waals surface area contributed by atoms with Gasteiger partial charge in [0.1, 0.15) is 6.61 Å². The van der Waals surface area contributed by atoms with Gasteiger partial charge < -0.3 is 14.7 Å². The number of carbonyl (C=O) groups excluding carboxylic acids is 1. The second kappa shape index (κ2) is 8.18. The number of benzene rings is 1. The molecule has 1 fully saturated rings. The Bertz CT molecular complexity index is 463. The number of nitrogens with zero attached hydrogens (tertiary/aromatic N) is 1. The quantitative estimate of drug-likeness (QED) is 0.904. The van der Waals surface area contributed by atoms with Crippen LogP contribution in [-0.4, -0.2) is 34.8 Å². The molecule has 1 aromatic carbocycles. The number of carbonyl (C=O) groups is 1. The van der Waals surface area contributed by atoms with Crippen LogP contribution >= 0.6 is 0 Å². The summed E-state index contributed by atoms with van der Waals surface area (Å²) < 4.78 is 5.51. The molecule has 0 aromatic heterocycles. The van der Waals surface area contributed by atoms with Crippen LogP contribution in [0.2, 0.25) is 0 Å². The fraction of sp³-hybridized carbons (Fsp3) is 0.611. The Morgan fingerprint density at radius 3 is 2.68 bits per heavy atom. The molecule has 0 aliphatic carbocycles. The van der Waals surface area contributed by atoms with E-state index in [1.807, 2.05) is 35.2 Å². The summed E-state index contributed by atoms with van der Waals surface area (Å²) in [4.78, 5) is 14.4. The second-order valence-corrected chi connectivity index (χ2v) is 6.39. The van der Waals surface area contributed by atoms with Gasteiger partial charge in [-0.1, -0.05) is 37.3 Å². The van der Waals surface area contributed by atoms with Crippen molar-refractivity contribution in [2.24, 2.45) is 5.92 Å². The molecule has 1 aliphatic heterocycles. The molecule has 0 bridgehead atoms. The van der Waals surface area contributed by atoms with Crippen molar-refractivity contribution in [3.63, 3.8) is 0 Å². The molecule has 1 aromatic rings. The summed E-state index contributed by atoms with van der Waals surface area (Å²) >= 11 is 0. The molecular weight excluding hydrogens is 278 g/mol. The highest BCUT2D eigenvalue weighted by Gasteiger charge is 2.35. The van der Waals surface area contributed by atoms with Crippen LogP contribution in [0.3, 0.4) is 0 Å². The van der Waals surface area contributed by atoms with E-state index in [1.54, 1.807) is 0 Å². The first-order chi connectivity index (χ1) is 10.6. The smallest absolute Gasteiger partial charge is 0.410 e. The van der Waals surface area contributed by atoms with Gasteiger partial charge in [-0.2, -0.15) is 0 Å². The molecule has 0 unspecified atom stereocenters. The van der Waals surface area contributed by atoms with Crippen LogP contribution in [-0.2, 0) is 11.3 Å². The van der Waals surface area contributed by atoms with Crippen molar-refractivity contribution >= 4 is 6.09 Å². The van der Waals surface area contributed by atoms with Crippen LogP contribution in [0, 0.1) is 5.92 Å². The summed E-state index contributed by atoms with van der Waals surface area (Å²) in [6, 6.07) is 10.1. The predicted molar refractivity (Wildman–Crippen MR) is 86.4 cm³/mol. The van der Waals surface area contributed by atoms with Crippen molar-refractivity contribution in [3.8, 4) is 0 Å². The van der Waals surface area contributed by atoms with Gasteiger partial charge >= 0.3 is 6.09 Å². The van der Waals surface area contributed by atoms with E-state index in [0.717, 1.165) is 31.2 Å². The third-order valence-corrected chi connectivity index (χ3v) is 4.40. The highest BCUT2D eigenvalue weighted by Crippen LogP contribution is 2.30. The van der Waals surface area contributed by atoms with E-state index in [2.05, 4.69) is 13.8 Å². The summed E-state index contributed by atoms with van der Waals surface area (Å²) in [5.41, 5.74) is 1.00. The topological polar surface area (TPSA) is 49.8 Å². The van der Waals surface area contributed by atoms with Gasteiger partial charge in [0, 0.05) is 18.7 Å². The van der Waals surface area contributed by atoms with E-state index in [4.69, 9.17) is 9.84 Å². The zero-order valence-electron chi connectivity index (χ0n) is 13.6. The Morgan fingerprint density at radius 2 is 2.00 bits per heavy atom. The number of hydrogen-bond acceptors (Lipinski definition) is 3. The lowest BCUT2D eigenvalue weighted by molar-refractivity contribution is 0.0298. The number of likely N-dealkylation sites (tertiary alicyclic amines) is 1. The van der Waals surface area contributed by atoms with Crippen molar-refractivity contribution in [2.45, 2.75) is 58.2 Å². The summed E-state index contributed by atoms with van der Waals surface area (Å²) in [7, 11) is 0. The minimum atomic E-state index is -0.230. The molecule has 1 saturated heterocycles. The fourth-order valence-electron chi connectivity index (χ4n) is 3.44. The molecule has 1 N–H and O–H groups in total. The highest BCUT2D eigenvalue weighted by atomic mass is 16.6. The fourth-order valence-corrected chi connectivity index (χ4v) is 3.44. The van der Waals surface area contributed by atoms with Gasteiger partial charge in [0.05, 0.1) is 0 Å². The Kier molecular flexibility index (Phi) is 6.25. The standard InChI is InChI=1S/C18H27NO3/c1-14-11-15(2)19(17(12-14)9-6-10-20)18(21)22-13-16-7-4-3-5-8-16/h3-5,7-8,14-15,17,20H,6,9-13H2,1-2H3/t14-,15-,17-/m1/s1. The van der Waals surface area contributed by atoms with E-state index in [-0.39, 0.29) is 24.8 Å². The maximum absolute atomic E-state index is 12.5. The van der Waals surface area contributed by atoms with E-state index < -0.39 is 0 Å². The second-order valence-electron chi connectivity index (χ2n) is 6.39. The molecule has 4 nitrogen and oxygen atoms in total. The molecule has 0 saturated carbocycles. The van der Waals surface area contributed by atoms with Gasteiger partial charge in [-0.05, 0) is 44.1 Å². The van der Waals surface area contributed by atoms with E-state index in [0.29, 0.717) is 12.5 Å². The van der Waals surface area contributed by atoms with E-state index >= 15 is 0 Å². The average Bonchev–Trinajstić information content (AvgIpc) is 2.51. The van der Waals surface area contributed by atoms with Crippen LogP contribution in [0.1, 0.15) is 45.1 Å². The Balaban J connectivity index is 1.97. The zero-order valence-corrected chi connectivity index (χ0v) is 13.6. The number of aliphatic hydroxyl groups excluding tert-OH is 1. The molecule has 1 heterocycles. The van der Waals surface area contributed by atoms with Gasteiger partial charge in [-0.15, -0.1) is 0 Å². The maximum Gasteiger partial charge on any atom is 0.410 e. The molecule has 0 radical (unpaired) electrons. The van der Waals surface area contributed by atoms with Crippen molar-refractivity contribution in [1.82, 2.24) is 4.90 Å². The van der Waals surface area contributed by atoms with Gasteiger partial charge in [0.25, 0.3) is 0 Å². The van der Waals surface area contributed by atoms with E-state index in [1.165, 1.54) is 0 Å². The largest absolute Gasteiger partial charge is 0.445 e. The zero-order chi connectivity index (χ0) is 15.9. The highest BCUT2D eigenvalue weighted by molar-refractivity contribution is 5.68. The maximum atomic E-state index is 12.5. The van der Waals surface area contributed by atoms with Gasteiger partial charge in [0.15, 0.2) is 0 Å². The summed E-state index contributed by atoms with van der Waals surface area (Å²) in [5.74, 6) is 0.608. The van der Waals surface area contributed by atoms with Crippen LogP contribution in [0.25, 0.3) is 0 Å². The molecule has 1 aliphatic rings. The summed E-state index contributed by atoms with van der Waals surface area (Å²) in [5, 5.41) is 9.07. The monoisotopic (exact) mass is 305 g/mol. The van der Waals surface area contributed by atoms with E-state index in [9.17, 15) is 4.79 Å². The Hall–Kier alpha value is -1.55. The van der Waals surface area contributed by atoms with Gasteiger partial charge in [-0.3, -0.25) is 0 Å². The van der Waals surface area contributed by atoms with Crippen LogP contribution in [0.4, 0.5) is 4.79 Å². The van der Waals surface area contributed by atoms with Gasteiger partial charge in [0.2, 0.25) is 0 Å². The van der Waals surface area contributed by atoms with Gasteiger partial charge in [-0.25, -0.2) is 4.79 Å². The summed E-state index contributed by atoms with van der Waals surface area (Å²) in [6.07, 6.45) is 3.34. The van der Waals surface area contributed by atoms with Crippen LogP contribution in [0.15, 0.2) is 30.3 Å². The molecule has 22 heavy (non-hydrogen) atoms. The third kappa shape index (κ3) is 4.47. The molecule has 1 amide bonds. The third-order valence-electron chi connectivity index (χ3n) is 4.40. The van der Waals surface area contributed by atoms with Crippen LogP contribution in [0.5, 0.6) is 0 Å². The molecular formula is C18H27NO3. The van der Waals surface area contributed by atoms with Crippen molar-refractivity contribution in [2.75, 3.05) is 6.61 Å². The normalized spacial score (nSPS) is 25.0. The lowest BCUT2D eigenvalue weighted by atomic mass is 9.86. The Morgan fingerprint density at radius 1 is 1.27 bits per heavy atom. The average molecular weight is 305 g/mol. The minimum Gasteiger partial charge on any atom is -0.445 e. The van der Waals surface area contributed by atoms with Crippen LogP contribution < -0.4 is 0 Å². The Labute approximate surface area is 133 Å². The lowest BCUT2D eigenvalue weighted by Gasteiger charge is -2.42. The predicted octanol–water partition coefficient (Wildman–Crippen LogP) is 3.58. The number of rotatable bonds is 5. The molecule has 2 rings (SSSR count). The molecule has 3 atom stereocenters.